The molecule has 4 heteroatoms. The predicted molar refractivity (Wildman–Crippen MR) is 69.2 cm³/mol. The van der Waals surface area contributed by atoms with Crippen molar-refractivity contribution in [2.24, 2.45) is 0 Å². The van der Waals surface area contributed by atoms with Crippen molar-refractivity contribution < 1.29 is 4.74 Å². The lowest BCUT2D eigenvalue weighted by Gasteiger charge is -2.10. The van der Waals surface area contributed by atoms with Gasteiger partial charge in [0.2, 0.25) is 0 Å². The van der Waals surface area contributed by atoms with E-state index < -0.39 is 0 Å². The van der Waals surface area contributed by atoms with E-state index in [0.717, 1.165) is 9.13 Å². The Labute approximate surface area is 104 Å². The highest BCUT2D eigenvalue weighted by molar-refractivity contribution is 14.1. The van der Waals surface area contributed by atoms with Gasteiger partial charge < -0.3 is 9.30 Å². The zero-order valence-electron chi connectivity index (χ0n) is 9.29. The molecule has 0 saturated carbocycles. The minimum Gasteiger partial charge on any atom is -0.377 e. The van der Waals surface area contributed by atoms with Crippen molar-refractivity contribution in [2.45, 2.75) is 33.4 Å². The Kier molecular flexibility index (Phi) is 4.79. The maximum absolute atomic E-state index is 11.7. The molecule has 15 heavy (non-hydrogen) atoms. The predicted octanol–water partition coefficient (Wildman–Crippen LogP) is 2.19. The van der Waals surface area contributed by atoms with E-state index in [4.69, 9.17) is 4.74 Å². The van der Waals surface area contributed by atoms with Crippen LogP contribution < -0.4 is 5.56 Å². The first-order valence-corrected chi connectivity index (χ1v) is 6.06. The average molecular weight is 321 g/mol. The van der Waals surface area contributed by atoms with E-state index in [1.807, 2.05) is 33.0 Å². The highest BCUT2D eigenvalue weighted by Gasteiger charge is 2.02. The number of aromatic nitrogens is 1. The molecule has 1 aromatic rings. The summed E-state index contributed by atoms with van der Waals surface area (Å²) in [4.78, 5) is 11.7. The average Bonchev–Trinajstić information content (AvgIpc) is 2.12. The van der Waals surface area contributed by atoms with E-state index in [1.54, 1.807) is 4.57 Å². The van der Waals surface area contributed by atoms with Crippen LogP contribution in [0.1, 0.15) is 19.4 Å². The van der Waals surface area contributed by atoms with Crippen LogP contribution in [0.25, 0.3) is 0 Å². The molecule has 84 valence electrons. The molecule has 0 unspecified atom stereocenters. The van der Waals surface area contributed by atoms with Crippen molar-refractivity contribution in [3.05, 3.63) is 31.8 Å². The fourth-order valence-electron chi connectivity index (χ4n) is 1.29. The molecule has 0 spiro atoms. The molecular formula is C11H16INO2. The van der Waals surface area contributed by atoms with Crippen molar-refractivity contribution >= 4 is 22.6 Å². The number of rotatable bonds is 4. The van der Waals surface area contributed by atoms with Crippen molar-refractivity contribution in [3.63, 3.8) is 0 Å². The van der Waals surface area contributed by atoms with Crippen LogP contribution >= 0.6 is 22.6 Å². The number of nitrogens with zero attached hydrogens (tertiary/aromatic N) is 1. The van der Waals surface area contributed by atoms with Crippen molar-refractivity contribution in [1.29, 1.82) is 0 Å². The Bertz CT molecular complexity index is 385. The lowest BCUT2D eigenvalue weighted by molar-refractivity contribution is 0.0722. The summed E-state index contributed by atoms with van der Waals surface area (Å²) in [6.45, 7) is 7.02. The summed E-state index contributed by atoms with van der Waals surface area (Å²) >= 11 is 2.21. The van der Waals surface area contributed by atoms with Gasteiger partial charge in [-0.25, -0.2) is 0 Å². The minimum absolute atomic E-state index is 0.0720. The molecular weight excluding hydrogens is 305 g/mol. The smallest absolute Gasteiger partial charge is 0.253 e. The van der Waals surface area contributed by atoms with Gasteiger partial charge >= 0.3 is 0 Å². The summed E-state index contributed by atoms with van der Waals surface area (Å²) in [6, 6.07) is 1.89. The van der Waals surface area contributed by atoms with E-state index in [9.17, 15) is 4.79 Å². The first-order chi connectivity index (χ1) is 7.00. The van der Waals surface area contributed by atoms with Crippen LogP contribution in [0, 0.1) is 10.5 Å². The fourth-order valence-corrected chi connectivity index (χ4v) is 2.10. The zero-order valence-corrected chi connectivity index (χ0v) is 11.4. The highest BCUT2D eigenvalue weighted by atomic mass is 127. The number of aryl methyl sites for hydroxylation is 1. The number of ether oxygens (including phenoxy) is 1. The molecule has 0 atom stereocenters. The molecule has 0 aliphatic rings. The highest BCUT2D eigenvalue weighted by Crippen LogP contribution is 2.03. The number of hydrogen-bond donors (Lipinski definition) is 0. The molecule has 0 aliphatic carbocycles. The van der Waals surface area contributed by atoms with Crippen LogP contribution in [0.15, 0.2) is 17.1 Å². The second-order valence-corrected chi connectivity index (χ2v) is 5.01. The van der Waals surface area contributed by atoms with Gasteiger partial charge in [0.15, 0.2) is 0 Å². The molecule has 3 nitrogen and oxygen atoms in total. The summed E-state index contributed by atoms with van der Waals surface area (Å²) in [5.41, 5.74) is 0.856. The lowest BCUT2D eigenvalue weighted by Crippen LogP contribution is -2.24. The molecule has 1 aromatic heterocycles. The maximum atomic E-state index is 11.7. The molecule has 0 N–H and O–H groups in total. The summed E-state index contributed by atoms with van der Waals surface area (Å²) in [6.07, 6.45) is 2.07. The fraction of sp³-hybridized carbons (Fsp3) is 0.545. The van der Waals surface area contributed by atoms with E-state index in [2.05, 4.69) is 22.6 Å². The molecule has 0 aromatic carbocycles. The Morgan fingerprint density at radius 2 is 2.20 bits per heavy atom. The Morgan fingerprint density at radius 1 is 1.53 bits per heavy atom. The van der Waals surface area contributed by atoms with E-state index >= 15 is 0 Å². The summed E-state index contributed by atoms with van der Waals surface area (Å²) in [5.74, 6) is 0. The van der Waals surface area contributed by atoms with Gasteiger partial charge in [-0.15, -0.1) is 0 Å². The molecule has 0 fully saturated rings. The van der Waals surface area contributed by atoms with Gasteiger partial charge in [-0.2, -0.15) is 0 Å². The normalized spacial score (nSPS) is 11.0. The van der Waals surface area contributed by atoms with E-state index in [0.29, 0.717) is 13.2 Å². The van der Waals surface area contributed by atoms with Crippen LogP contribution in [0.4, 0.5) is 0 Å². The SMILES string of the molecule is Cc1cc(I)cn(CCOC(C)C)c1=O. The maximum Gasteiger partial charge on any atom is 0.253 e. The van der Waals surface area contributed by atoms with Gasteiger partial charge in [0, 0.05) is 21.9 Å². The van der Waals surface area contributed by atoms with Crippen molar-refractivity contribution in [1.82, 2.24) is 4.57 Å². The summed E-state index contributed by atoms with van der Waals surface area (Å²) in [7, 11) is 0. The van der Waals surface area contributed by atoms with Crippen LogP contribution in [0.5, 0.6) is 0 Å². The number of halogens is 1. The number of pyridine rings is 1. The van der Waals surface area contributed by atoms with Gasteiger partial charge in [-0.1, -0.05) is 0 Å². The Balaban J connectivity index is 2.73. The van der Waals surface area contributed by atoms with Crippen LogP contribution in [-0.4, -0.2) is 17.3 Å². The number of hydrogen-bond acceptors (Lipinski definition) is 2. The minimum atomic E-state index is 0.0720. The second-order valence-electron chi connectivity index (χ2n) is 3.76. The van der Waals surface area contributed by atoms with Gasteiger partial charge in [0.05, 0.1) is 12.7 Å². The molecule has 1 heterocycles. The third kappa shape index (κ3) is 3.95. The van der Waals surface area contributed by atoms with Crippen LogP contribution in [0.3, 0.4) is 0 Å². The monoisotopic (exact) mass is 321 g/mol. The van der Waals surface area contributed by atoms with Gasteiger partial charge in [-0.3, -0.25) is 4.79 Å². The standard InChI is InChI=1S/C11H16INO2/c1-8(2)15-5-4-13-7-10(12)6-9(3)11(13)14/h6-8H,4-5H2,1-3H3. The second kappa shape index (κ2) is 5.65. The van der Waals surface area contributed by atoms with Gasteiger partial charge in [-0.05, 0) is 49.4 Å². The molecule has 1 rings (SSSR count). The van der Waals surface area contributed by atoms with Crippen LogP contribution in [0.2, 0.25) is 0 Å². The Morgan fingerprint density at radius 3 is 2.80 bits per heavy atom. The third-order valence-electron chi connectivity index (χ3n) is 2.02. The molecule has 0 radical (unpaired) electrons. The summed E-state index contributed by atoms with van der Waals surface area (Å²) < 4.78 is 8.20. The first-order valence-electron chi connectivity index (χ1n) is 4.99. The van der Waals surface area contributed by atoms with Gasteiger partial charge in [0.1, 0.15) is 0 Å². The van der Waals surface area contributed by atoms with Gasteiger partial charge in [0.25, 0.3) is 5.56 Å². The Hall–Kier alpha value is -0.360. The molecule has 0 aliphatic heterocycles. The quantitative estimate of drug-likeness (QED) is 0.796. The topological polar surface area (TPSA) is 31.2 Å². The van der Waals surface area contributed by atoms with Crippen LogP contribution in [-0.2, 0) is 11.3 Å². The third-order valence-corrected chi connectivity index (χ3v) is 2.61. The zero-order chi connectivity index (χ0) is 11.4. The largest absolute Gasteiger partial charge is 0.377 e. The van der Waals surface area contributed by atoms with Crippen molar-refractivity contribution in [3.8, 4) is 0 Å². The van der Waals surface area contributed by atoms with E-state index in [1.165, 1.54) is 0 Å². The molecule has 0 bridgehead atoms. The summed E-state index contributed by atoms with van der Waals surface area (Å²) in [5, 5.41) is 0. The van der Waals surface area contributed by atoms with Crippen molar-refractivity contribution in [2.75, 3.05) is 6.61 Å². The molecule has 0 amide bonds. The first kappa shape index (κ1) is 12.7. The van der Waals surface area contributed by atoms with E-state index in [-0.39, 0.29) is 11.7 Å². The molecule has 0 saturated heterocycles. The lowest BCUT2D eigenvalue weighted by atomic mass is 10.3.